The largest absolute Gasteiger partial charge is 0.493 e. The van der Waals surface area contributed by atoms with Crippen LogP contribution in [-0.2, 0) is 24.3 Å². The Morgan fingerprint density at radius 1 is 1.00 bits per heavy atom. The normalized spacial score (nSPS) is 11.2. The highest BCUT2D eigenvalue weighted by Gasteiger charge is 2.12. The number of nitrogens with zero attached hydrogens (tertiary/aromatic N) is 1. The van der Waals surface area contributed by atoms with E-state index in [1.807, 2.05) is 30.5 Å². The van der Waals surface area contributed by atoms with Gasteiger partial charge in [0.05, 0.1) is 26.0 Å². The van der Waals surface area contributed by atoms with Gasteiger partial charge in [0, 0.05) is 25.1 Å². The molecule has 0 amide bonds. The van der Waals surface area contributed by atoms with Crippen molar-refractivity contribution in [1.29, 1.82) is 0 Å². The molecule has 0 unspecified atom stereocenters. The molecule has 0 aliphatic heterocycles. The summed E-state index contributed by atoms with van der Waals surface area (Å²) in [4.78, 5) is 0. The van der Waals surface area contributed by atoms with E-state index in [2.05, 4.69) is 48.3 Å². The van der Waals surface area contributed by atoms with Gasteiger partial charge < -0.3 is 15.2 Å². The summed E-state index contributed by atoms with van der Waals surface area (Å²) in [6.45, 7) is 6.76. The first-order chi connectivity index (χ1) is 14.2. The molecule has 0 saturated carbocycles. The van der Waals surface area contributed by atoms with Crippen molar-refractivity contribution in [2.45, 2.75) is 45.8 Å². The van der Waals surface area contributed by atoms with E-state index >= 15 is 0 Å². The number of hydrogen-bond donors (Lipinski definition) is 2. The minimum atomic E-state index is 0.417. The van der Waals surface area contributed by atoms with Gasteiger partial charge in [-0.3, -0.25) is 5.10 Å². The van der Waals surface area contributed by atoms with E-state index in [0.717, 1.165) is 24.2 Å². The van der Waals surface area contributed by atoms with Gasteiger partial charge in [0.2, 0.25) is 0 Å². The summed E-state index contributed by atoms with van der Waals surface area (Å²) in [5, 5.41) is 7.32. The second kappa shape index (κ2) is 10.8. The lowest BCUT2D eigenvalue weighted by Gasteiger charge is -2.13. The van der Waals surface area contributed by atoms with Crippen LogP contribution in [0.2, 0.25) is 0 Å². The number of benzene rings is 2. The molecular weight excluding hydrogens is 362 g/mol. The highest BCUT2D eigenvalue weighted by molar-refractivity contribution is 5.39. The predicted molar refractivity (Wildman–Crippen MR) is 116 cm³/mol. The van der Waals surface area contributed by atoms with Crippen LogP contribution in [0.4, 0.5) is 0 Å². The fourth-order valence-electron chi connectivity index (χ4n) is 3.34. The zero-order valence-corrected chi connectivity index (χ0v) is 17.4. The minimum absolute atomic E-state index is 0.417. The molecule has 2 aromatic carbocycles. The first-order valence-electron chi connectivity index (χ1n) is 10.3. The third-order valence-electron chi connectivity index (χ3n) is 4.92. The van der Waals surface area contributed by atoms with Gasteiger partial charge in [0.1, 0.15) is 5.75 Å². The third kappa shape index (κ3) is 6.17. The van der Waals surface area contributed by atoms with Crippen molar-refractivity contribution in [3.63, 3.8) is 0 Å². The molecule has 0 spiro atoms. The standard InChI is InChI=1S/C24H31N3O2/c1-18(2)24-22(16-26-27-24)13-20-9-10-23(14-21(20)15-25)29-12-6-11-28-17-19-7-4-3-5-8-19/h3-5,7-10,14,16,18H,6,11-13,15,17,25H2,1-2H3,(H,26,27). The van der Waals surface area contributed by atoms with Crippen molar-refractivity contribution in [3.8, 4) is 5.75 Å². The van der Waals surface area contributed by atoms with Crippen LogP contribution in [0.25, 0.3) is 0 Å². The van der Waals surface area contributed by atoms with Gasteiger partial charge in [-0.25, -0.2) is 0 Å². The van der Waals surface area contributed by atoms with Gasteiger partial charge in [0.15, 0.2) is 0 Å². The van der Waals surface area contributed by atoms with Crippen LogP contribution >= 0.6 is 0 Å². The van der Waals surface area contributed by atoms with Crippen molar-refractivity contribution in [2.75, 3.05) is 13.2 Å². The van der Waals surface area contributed by atoms with E-state index in [-0.39, 0.29) is 0 Å². The van der Waals surface area contributed by atoms with Gasteiger partial charge >= 0.3 is 0 Å². The van der Waals surface area contributed by atoms with Crippen molar-refractivity contribution >= 4 is 0 Å². The summed E-state index contributed by atoms with van der Waals surface area (Å²) in [7, 11) is 0. The second-order valence-electron chi connectivity index (χ2n) is 7.52. The smallest absolute Gasteiger partial charge is 0.119 e. The average molecular weight is 394 g/mol. The van der Waals surface area contributed by atoms with Gasteiger partial charge in [-0.1, -0.05) is 50.2 Å². The monoisotopic (exact) mass is 393 g/mol. The van der Waals surface area contributed by atoms with Crippen LogP contribution in [0.5, 0.6) is 5.75 Å². The van der Waals surface area contributed by atoms with Gasteiger partial charge in [-0.15, -0.1) is 0 Å². The Bertz CT molecular complexity index is 875. The zero-order chi connectivity index (χ0) is 20.5. The van der Waals surface area contributed by atoms with Crippen LogP contribution in [0.1, 0.15) is 54.1 Å². The van der Waals surface area contributed by atoms with Crippen LogP contribution < -0.4 is 10.5 Å². The molecule has 29 heavy (non-hydrogen) atoms. The Morgan fingerprint density at radius 2 is 1.83 bits per heavy atom. The maximum Gasteiger partial charge on any atom is 0.119 e. The Labute approximate surface area is 173 Å². The third-order valence-corrected chi connectivity index (χ3v) is 4.92. The maximum atomic E-state index is 6.00. The number of nitrogens with one attached hydrogen (secondary N) is 1. The van der Waals surface area contributed by atoms with Crippen LogP contribution in [0.15, 0.2) is 54.7 Å². The molecular formula is C24H31N3O2. The van der Waals surface area contributed by atoms with Crippen molar-refractivity contribution in [1.82, 2.24) is 10.2 Å². The van der Waals surface area contributed by atoms with Crippen molar-refractivity contribution < 1.29 is 9.47 Å². The highest BCUT2D eigenvalue weighted by Crippen LogP contribution is 2.24. The molecule has 1 aromatic heterocycles. The summed E-state index contributed by atoms with van der Waals surface area (Å²) in [5.41, 5.74) is 11.9. The molecule has 0 aliphatic carbocycles. The summed E-state index contributed by atoms with van der Waals surface area (Å²) >= 11 is 0. The molecule has 0 bridgehead atoms. The van der Waals surface area contributed by atoms with Crippen molar-refractivity contribution in [2.24, 2.45) is 5.73 Å². The number of hydrogen-bond acceptors (Lipinski definition) is 4. The fraction of sp³-hybridized carbons (Fsp3) is 0.375. The van der Waals surface area contributed by atoms with Crippen LogP contribution in [-0.4, -0.2) is 23.4 Å². The zero-order valence-electron chi connectivity index (χ0n) is 17.4. The molecule has 0 aliphatic rings. The summed E-state index contributed by atoms with van der Waals surface area (Å²) < 4.78 is 11.6. The molecule has 3 N–H and O–H groups in total. The number of aromatic nitrogens is 2. The van der Waals surface area contributed by atoms with Crippen molar-refractivity contribution in [3.05, 3.63) is 82.7 Å². The Morgan fingerprint density at radius 3 is 2.59 bits per heavy atom. The number of rotatable bonds is 11. The van der Waals surface area contributed by atoms with E-state index in [1.54, 1.807) is 0 Å². The van der Waals surface area contributed by atoms with Gasteiger partial charge in [-0.2, -0.15) is 5.10 Å². The maximum absolute atomic E-state index is 6.00. The topological polar surface area (TPSA) is 73.2 Å². The quantitative estimate of drug-likeness (QED) is 0.468. The van der Waals surface area contributed by atoms with E-state index in [9.17, 15) is 0 Å². The Balaban J connectivity index is 1.47. The summed E-state index contributed by atoms with van der Waals surface area (Å²) in [5.74, 6) is 1.27. The van der Waals surface area contributed by atoms with E-state index in [4.69, 9.17) is 15.2 Å². The molecule has 5 nitrogen and oxygen atoms in total. The Kier molecular flexibility index (Phi) is 7.85. The average Bonchev–Trinajstić information content (AvgIpc) is 3.20. The molecule has 0 fully saturated rings. The number of nitrogens with two attached hydrogens (primary N) is 1. The lowest BCUT2D eigenvalue weighted by Crippen LogP contribution is -2.06. The second-order valence-corrected chi connectivity index (χ2v) is 7.52. The summed E-state index contributed by atoms with van der Waals surface area (Å²) in [6, 6.07) is 16.4. The van der Waals surface area contributed by atoms with E-state index < -0.39 is 0 Å². The van der Waals surface area contributed by atoms with Crippen LogP contribution in [0.3, 0.4) is 0 Å². The molecule has 3 aromatic rings. The molecule has 5 heteroatoms. The minimum Gasteiger partial charge on any atom is -0.493 e. The highest BCUT2D eigenvalue weighted by atomic mass is 16.5. The molecule has 3 rings (SSSR count). The molecule has 1 heterocycles. The number of H-pyrrole nitrogens is 1. The molecule has 0 radical (unpaired) electrons. The lowest BCUT2D eigenvalue weighted by atomic mass is 9.97. The number of ether oxygens (including phenoxy) is 2. The van der Waals surface area contributed by atoms with Crippen LogP contribution in [0, 0.1) is 0 Å². The lowest BCUT2D eigenvalue weighted by molar-refractivity contribution is 0.107. The first-order valence-corrected chi connectivity index (χ1v) is 10.3. The summed E-state index contributed by atoms with van der Waals surface area (Å²) in [6.07, 6.45) is 3.58. The first kappa shape index (κ1) is 21.1. The molecule has 0 saturated heterocycles. The Hall–Kier alpha value is -2.63. The molecule has 154 valence electrons. The van der Waals surface area contributed by atoms with E-state index in [0.29, 0.717) is 32.3 Å². The van der Waals surface area contributed by atoms with Gasteiger partial charge in [-0.05, 0) is 40.3 Å². The van der Waals surface area contributed by atoms with E-state index in [1.165, 1.54) is 22.4 Å². The fourth-order valence-corrected chi connectivity index (χ4v) is 3.34. The number of aromatic amines is 1. The predicted octanol–water partition coefficient (Wildman–Crippen LogP) is 4.57. The van der Waals surface area contributed by atoms with Gasteiger partial charge in [0.25, 0.3) is 0 Å². The molecule has 0 atom stereocenters. The SMILES string of the molecule is CC(C)c1[nH]ncc1Cc1ccc(OCCCOCc2ccccc2)cc1CN.